The second-order valence-electron chi connectivity index (χ2n) is 5.58. The van der Waals surface area contributed by atoms with Gasteiger partial charge in [0.25, 0.3) is 0 Å². The van der Waals surface area contributed by atoms with Crippen molar-refractivity contribution in [2.45, 2.75) is 36.9 Å². The highest BCUT2D eigenvalue weighted by molar-refractivity contribution is 7.99. The van der Waals surface area contributed by atoms with E-state index >= 15 is 0 Å². The van der Waals surface area contributed by atoms with Crippen molar-refractivity contribution < 1.29 is 4.74 Å². The second-order valence-corrected chi connectivity index (χ2v) is 6.64. The van der Waals surface area contributed by atoms with E-state index in [-0.39, 0.29) is 0 Å². The van der Waals surface area contributed by atoms with Crippen LogP contribution in [0.15, 0.2) is 23.4 Å². The van der Waals surface area contributed by atoms with E-state index in [0.717, 1.165) is 36.1 Å². The molecule has 2 heterocycles. The number of aryl methyl sites for hydroxylation is 1. The van der Waals surface area contributed by atoms with Gasteiger partial charge in [-0.05, 0) is 36.5 Å². The summed E-state index contributed by atoms with van der Waals surface area (Å²) < 4.78 is 7.62. The number of hydrogen-bond donors (Lipinski definition) is 1. The molecule has 4 rings (SSSR count). The summed E-state index contributed by atoms with van der Waals surface area (Å²) in [6.07, 6.45) is 4.44. The molecule has 1 fully saturated rings. The Morgan fingerprint density at radius 2 is 2.24 bits per heavy atom. The van der Waals surface area contributed by atoms with Crippen LogP contribution in [0, 0.1) is 0 Å². The first kappa shape index (κ1) is 13.0. The maximum atomic E-state index is 5.89. The minimum Gasteiger partial charge on any atom is -0.493 e. The predicted molar refractivity (Wildman–Crippen MR) is 82.8 cm³/mol. The van der Waals surface area contributed by atoms with E-state index in [4.69, 9.17) is 10.5 Å². The molecule has 0 radical (unpaired) electrons. The maximum absolute atomic E-state index is 5.89. The molecule has 1 aromatic carbocycles. The molecule has 110 valence electrons. The van der Waals surface area contributed by atoms with Crippen molar-refractivity contribution in [3.8, 4) is 5.75 Å². The van der Waals surface area contributed by atoms with Crippen molar-refractivity contribution >= 4 is 17.7 Å². The van der Waals surface area contributed by atoms with E-state index in [1.54, 1.807) is 11.8 Å². The van der Waals surface area contributed by atoms with Gasteiger partial charge in [0.2, 0.25) is 5.95 Å². The number of hydrogen-bond acceptors (Lipinski definition) is 5. The number of fused-ring (bicyclic) bond motifs is 1. The normalized spacial score (nSPS) is 16.8. The molecule has 21 heavy (non-hydrogen) atoms. The van der Waals surface area contributed by atoms with Crippen LogP contribution in [0.2, 0.25) is 0 Å². The maximum Gasteiger partial charge on any atom is 0.222 e. The first-order valence-electron chi connectivity index (χ1n) is 7.39. The Hall–Kier alpha value is -1.69. The molecule has 6 heteroatoms. The molecule has 0 spiro atoms. The van der Waals surface area contributed by atoms with Crippen LogP contribution in [0.4, 0.5) is 5.95 Å². The van der Waals surface area contributed by atoms with Crippen LogP contribution in [0.3, 0.4) is 0 Å². The van der Waals surface area contributed by atoms with Crippen LogP contribution < -0.4 is 10.5 Å². The average Bonchev–Trinajstić information content (AvgIpc) is 3.09. The molecule has 0 saturated heterocycles. The molecular weight excluding hydrogens is 284 g/mol. The average molecular weight is 302 g/mol. The van der Waals surface area contributed by atoms with Crippen molar-refractivity contribution in [3.63, 3.8) is 0 Å². The molecule has 0 unspecified atom stereocenters. The smallest absolute Gasteiger partial charge is 0.222 e. The zero-order chi connectivity index (χ0) is 14.2. The van der Waals surface area contributed by atoms with Crippen molar-refractivity contribution in [2.24, 2.45) is 0 Å². The van der Waals surface area contributed by atoms with Gasteiger partial charge in [0, 0.05) is 18.2 Å². The first-order chi connectivity index (χ1) is 10.3. The fourth-order valence-corrected chi connectivity index (χ4v) is 3.72. The van der Waals surface area contributed by atoms with Gasteiger partial charge in [-0.2, -0.15) is 0 Å². The van der Waals surface area contributed by atoms with E-state index in [9.17, 15) is 0 Å². The van der Waals surface area contributed by atoms with Crippen LogP contribution in [0.5, 0.6) is 5.75 Å². The monoisotopic (exact) mass is 302 g/mol. The molecule has 1 aromatic heterocycles. The summed E-state index contributed by atoms with van der Waals surface area (Å²) >= 11 is 1.74. The molecule has 0 bridgehead atoms. The lowest BCUT2D eigenvalue weighted by Gasteiger charge is -2.06. The van der Waals surface area contributed by atoms with Crippen LogP contribution in [0.1, 0.15) is 30.0 Å². The van der Waals surface area contributed by atoms with Gasteiger partial charge in [-0.3, -0.25) is 4.57 Å². The SMILES string of the molecule is Nc1nnc(SCCc2ccc3c(c2)CCO3)n1C1CC1. The summed E-state index contributed by atoms with van der Waals surface area (Å²) in [5.41, 5.74) is 8.58. The molecule has 1 aliphatic carbocycles. The summed E-state index contributed by atoms with van der Waals surface area (Å²) in [6.45, 7) is 0.817. The van der Waals surface area contributed by atoms with Crippen LogP contribution in [-0.2, 0) is 12.8 Å². The van der Waals surface area contributed by atoms with E-state index in [2.05, 4.69) is 33.0 Å². The molecule has 2 aliphatic rings. The van der Waals surface area contributed by atoms with E-state index in [0.29, 0.717) is 12.0 Å². The van der Waals surface area contributed by atoms with Gasteiger partial charge in [0.05, 0.1) is 6.61 Å². The van der Waals surface area contributed by atoms with Crippen LogP contribution in [0.25, 0.3) is 0 Å². The topological polar surface area (TPSA) is 66.0 Å². The number of benzene rings is 1. The number of nitrogens with two attached hydrogens (primary N) is 1. The number of aromatic nitrogens is 3. The van der Waals surface area contributed by atoms with Gasteiger partial charge in [-0.15, -0.1) is 10.2 Å². The highest BCUT2D eigenvalue weighted by Crippen LogP contribution is 2.39. The lowest BCUT2D eigenvalue weighted by atomic mass is 10.1. The van der Waals surface area contributed by atoms with E-state index in [1.165, 1.54) is 24.0 Å². The summed E-state index contributed by atoms with van der Waals surface area (Å²) in [6, 6.07) is 7.04. The Kier molecular flexibility index (Phi) is 3.25. The Bertz CT molecular complexity index is 666. The molecule has 1 saturated carbocycles. The molecule has 0 amide bonds. The van der Waals surface area contributed by atoms with Crippen LogP contribution >= 0.6 is 11.8 Å². The number of nitrogens with zero attached hydrogens (tertiary/aromatic N) is 3. The summed E-state index contributed by atoms with van der Waals surface area (Å²) in [5.74, 6) is 2.59. The minimum atomic E-state index is 0.527. The number of rotatable bonds is 5. The lowest BCUT2D eigenvalue weighted by molar-refractivity contribution is 0.357. The van der Waals surface area contributed by atoms with Gasteiger partial charge in [0.1, 0.15) is 5.75 Å². The Labute approximate surface area is 127 Å². The zero-order valence-electron chi connectivity index (χ0n) is 11.8. The Morgan fingerprint density at radius 3 is 3.10 bits per heavy atom. The second kappa shape index (κ2) is 5.26. The van der Waals surface area contributed by atoms with Crippen molar-refractivity contribution in [3.05, 3.63) is 29.3 Å². The third kappa shape index (κ3) is 2.60. The van der Waals surface area contributed by atoms with Gasteiger partial charge in [-0.25, -0.2) is 0 Å². The number of nitrogen functional groups attached to an aromatic ring is 1. The lowest BCUT2D eigenvalue weighted by Crippen LogP contribution is -2.02. The summed E-state index contributed by atoms with van der Waals surface area (Å²) in [4.78, 5) is 0. The standard InChI is InChI=1S/C15H18N4OS/c16-14-17-18-15(19(14)12-2-3-12)21-8-6-10-1-4-13-11(9-10)5-7-20-13/h1,4,9,12H,2-3,5-8H2,(H2,16,17). The fraction of sp³-hybridized carbons (Fsp3) is 0.467. The van der Waals surface area contributed by atoms with Gasteiger partial charge in [0.15, 0.2) is 5.16 Å². The highest BCUT2D eigenvalue weighted by Gasteiger charge is 2.28. The highest BCUT2D eigenvalue weighted by atomic mass is 32.2. The molecule has 5 nitrogen and oxygen atoms in total. The van der Waals surface area contributed by atoms with E-state index in [1.807, 2.05) is 0 Å². The van der Waals surface area contributed by atoms with E-state index < -0.39 is 0 Å². The van der Waals surface area contributed by atoms with Crippen molar-refractivity contribution in [1.82, 2.24) is 14.8 Å². The van der Waals surface area contributed by atoms with Crippen molar-refractivity contribution in [1.29, 1.82) is 0 Å². The molecule has 2 aromatic rings. The summed E-state index contributed by atoms with van der Waals surface area (Å²) in [7, 11) is 0. The fourth-order valence-electron chi connectivity index (χ4n) is 2.72. The Balaban J connectivity index is 1.39. The quantitative estimate of drug-likeness (QED) is 0.859. The third-order valence-electron chi connectivity index (χ3n) is 3.98. The van der Waals surface area contributed by atoms with Gasteiger partial charge >= 0.3 is 0 Å². The number of thioether (sulfide) groups is 1. The largest absolute Gasteiger partial charge is 0.493 e. The summed E-state index contributed by atoms with van der Waals surface area (Å²) in [5, 5.41) is 9.16. The van der Waals surface area contributed by atoms with Gasteiger partial charge in [-0.1, -0.05) is 23.9 Å². The molecule has 2 N–H and O–H groups in total. The third-order valence-corrected chi connectivity index (χ3v) is 4.92. The Morgan fingerprint density at radius 1 is 1.33 bits per heavy atom. The number of anilines is 1. The molecule has 0 atom stereocenters. The minimum absolute atomic E-state index is 0.527. The van der Waals surface area contributed by atoms with Crippen molar-refractivity contribution in [2.75, 3.05) is 18.1 Å². The molecule has 1 aliphatic heterocycles. The predicted octanol–water partition coefficient (Wildman–Crippen LogP) is 2.46. The first-order valence-corrected chi connectivity index (χ1v) is 8.37. The molecular formula is C15H18N4OS. The number of ether oxygens (including phenoxy) is 1. The van der Waals surface area contributed by atoms with Gasteiger partial charge < -0.3 is 10.5 Å². The van der Waals surface area contributed by atoms with Crippen LogP contribution in [-0.4, -0.2) is 27.1 Å². The zero-order valence-corrected chi connectivity index (χ0v) is 12.6.